The van der Waals surface area contributed by atoms with E-state index < -0.39 is 0 Å². The summed E-state index contributed by atoms with van der Waals surface area (Å²) in [7, 11) is 1.90. The van der Waals surface area contributed by atoms with Gasteiger partial charge in [-0.05, 0) is 20.3 Å². The second-order valence-corrected chi connectivity index (χ2v) is 3.13. The van der Waals surface area contributed by atoms with Crippen LogP contribution in [0.25, 0.3) is 0 Å². The molecule has 0 N–H and O–H groups in total. The Morgan fingerprint density at radius 1 is 1.67 bits per heavy atom. The zero-order chi connectivity index (χ0) is 9.14. The van der Waals surface area contributed by atoms with Gasteiger partial charge >= 0.3 is 0 Å². The predicted molar refractivity (Wildman–Crippen MR) is 48.3 cm³/mol. The summed E-state index contributed by atoms with van der Waals surface area (Å²) in [5, 5.41) is 4.19. The van der Waals surface area contributed by atoms with E-state index >= 15 is 0 Å². The topological polar surface area (TPSA) is 27.1 Å². The van der Waals surface area contributed by atoms with Gasteiger partial charge in [-0.1, -0.05) is 6.92 Å². The highest BCUT2D eigenvalue weighted by Crippen LogP contribution is 2.15. The number of aryl methyl sites for hydroxylation is 2. The van der Waals surface area contributed by atoms with E-state index in [0.717, 1.165) is 17.9 Å². The summed E-state index contributed by atoms with van der Waals surface area (Å²) in [6, 6.07) is 0. The van der Waals surface area contributed by atoms with Gasteiger partial charge in [-0.25, -0.2) is 0 Å². The van der Waals surface area contributed by atoms with E-state index in [-0.39, 0.29) is 6.10 Å². The first-order valence-electron chi connectivity index (χ1n) is 4.30. The van der Waals surface area contributed by atoms with E-state index in [0.29, 0.717) is 0 Å². The quantitative estimate of drug-likeness (QED) is 0.689. The molecular formula is C9H16N2O. The molecule has 1 atom stereocenters. The van der Waals surface area contributed by atoms with Gasteiger partial charge in [-0.2, -0.15) is 0 Å². The van der Waals surface area contributed by atoms with E-state index in [1.54, 1.807) is 4.68 Å². The van der Waals surface area contributed by atoms with Gasteiger partial charge in [0.15, 0.2) is 0 Å². The SMILES string of the molecule is CCC(C)Oc1nn(C)cc1C. The summed E-state index contributed by atoms with van der Waals surface area (Å²) in [6.45, 7) is 6.15. The zero-order valence-corrected chi connectivity index (χ0v) is 8.16. The summed E-state index contributed by atoms with van der Waals surface area (Å²) in [5.41, 5.74) is 1.10. The second kappa shape index (κ2) is 3.61. The van der Waals surface area contributed by atoms with Crippen LogP contribution in [-0.4, -0.2) is 15.9 Å². The van der Waals surface area contributed by atoms with Gasteiger partial charge in [0.1, 0.15) is 0 Å². The molecule has 0 amide bonds. The number of nitrogens with zero attached hydrogens (tertiary/aromatic N) is 2. The third-order valence-corrected chi connectivity index (χ3v) is 1.85. The van der Waals surface area contributed by atoms with Crippen LogP contribution in [0.5, 0.6) is 5.88 Å². The lowest BCUT2D eigenvalue weighted by Gasteiger charge is -2.09. The fourth-order valence-electron chi connectivity index (χ4n) is 0.977. The minimum absolute atomic E-state index is 0.249. The maximum Gasteiger partial charge on any atom is 0.235 e. The van der Waals surface area contributed by atoms with E-state index in [1.807, 2.05) is 27.1 Å². The summed E-state index contributed by atoms with van der Waals surface area (Å²) < 4.78 is 7.35. The van der Waals surface area contributed by atoms with Crippen molar-refractivity contribution in [1.82, 2.24) is 9.78 Å². The van der Waals surface area contributed by atoms with Crippen LogP contribution >= 0.6 is 0 Å². The Morgan fingerprint density at radius 2 is 2.33 bits per heavy atom. The molecule has 0 radical (unpaired) electrons. The van der Waals surface area contributed by atoms with Crippen molar-refractivity contribution in [2.45, 2.75) is 33.3 Å². The van der Waals surface area contributed by atoms with Crippen molar-refractivity contribution in [2.24, 2.45) is 7.05 Å². The van der Waals surface area contributed by atoms with Crippen molar-refractivity contribution in [3.8, 4) is 5.88 Å². The zero-order valence-electron chi connectivity index (χ0n) is 8.16. The molecule has 0 aliphatic carbocycles. The molecule has 12 heavy (non-hydrogen) atoms. The fourth-order valence-corrected chi connectivity index (χ4v) is 0.977. The van der Waals surface area contributed by atoms with Gasteiger partial charge < -0.3 is 4.74 Å². The van der Waals surface area contributed by atoms with Crippen LogP contribution in [0, 0.1) is 6.92 Å². The van der Waals surface area contributed by atoms with Crippen molar-refractivity contribution >= 4 is 0 Å². The van der Waals surface area contributed by atoms with Gasteiger partial charge in [-0.15, -0.1) is 5.10 Å². The lowest BCUT2D eigenvalue weighted by Crippen LogP contribution is -2.10. The molecule has 0 aromatic carbocycles. The third-order valence-electron chi connectivity index (χ3n) is 1.85. The first-order valence-corrected chi connectivity index (χ1v) is 4.30. The molecular weight excluding hydrogens is 152 g/mol. The van der Waals surface area contributed by atoms with E-state index in [2.05, 4.69) is 12.0 Å². The molecule has 0 saturated heterocycles. The smallest absolute Gasteiger partial charge is 0.235 e. The molecule has 1 rings (SSSR count). The van der Waals surface area contributed by atoms with E-state index in [1.165, 1.54) is 0 Å². The minimum Gasteiger partial charge on any atom is -0.473 e. The highest BCUT2D eigenvalue weighted by Gasteiger charge is 2.07. The number of ether oxygens (including phenoxy) is 1. The van der Waals surface area contributed by atoms with Crippen LogP contribution in [0.4, 0.5) is 0 Å². The maximum absolute atomic E-state index is 5.58. The van der Waals surface area contributed by atoms with Gasteiger partial charge in [0, 0.05) is 18.8 Å². The van der Waals surface area contributed by atoms with Gasteiger partial charge in [0.05, 0.1) is 6.10 Å². The summed E-state index contributed by atoms with van der Waals surface area (Å²) in [6.07, 6.45) is 3.21. The predicted octanol–water partition coefficient (Wildman–Crippen LogP) is 1.91. The average molecular weight is 168 g/mol. The van der Waals surface area contributed by atoms with Crippen molar-refractivity contribution in [1.29, 1.82) is 0 Å². The Labute approximate surface area is 73.3 Å². The van der Waals surface area contributed by atoms with Crippen LogP contribution in [0.1, 0.15) is 25.8 Å². The lowest BCUT2D eigenvalue weighted by atomic mass is 10.3. The van der Waals surface area contributed by atoms with Gasteiger partial charge in [0.2, 0.25) is 5.88 Å². The van der Waals surface area contributed by atoms with Crippen LogP contribution in [-0.2, 0) is 7.05 Å². The summed E-state index contributed by atoms with van der Waals surface area (Å²) >= 11 is 0. The first kappa shape index (κ1) is 9.10. The summed E-state index contributed by atoms with van der Waals surface area (Å²) in [5.74, 6) is 0.756. The van der Waals surface area contributed by atoms with Crippen LogP contribution in [0.2, 0.25) is 0 Å². The molecule has 1 unspecified atom stereocenters. The first-order chi connectivity index (χ1) is 5.63. The highest BCUT2D eigenvalue weighted by molar-refractivity contribution is 5.20. The molecule has 0 aliphatic rings. The van der Waals surface area contributed by atoms with Crippen molar-refractivity contribution in [3.05, 3.63) is 11.8 Å². The molecule has 3 heteroatoms. The molecule has 0 saturated carbocycles. The number of aromatic nitrogens is 2. The number of hydrogen-bond donors (Lipinski definition) is 0. The molecule has 0 spiro atoms. The van der Waals surface area contributed by atoms with E-state index in [4.69, 9.17) is 4.74 Å². The fraction of sp³-hybridized carbons (Fsp3) is 0.667. The van der Waals surface area contributed by atoms with Gasteiger partial charge in [-0.3, -0.25) is 4.68 Å². The van der Waals surface area contributed by atoms with Crippen molar-refractivity contribution in [3.63, 3.8) is 0 Å². The Hall–Kier alpha value is -0.990. The Kier molecular flexibility index (Phi) is 2.74. The second-order valence-electron chi connectivity index (χ2n) is 3.13. The Balaban J connectivity index is 2.68. The highest BCUT2D eigenvalue weighted by atomic mass is 16.5. The summed E-state index contributed by atoms with van der Waals surface area (Å²) in [4.78, 5) is 0. The Bertz CT molecular complexity index is 255. The molecule has 0 bridgehead atoms. The molecule has 3 nitrogen and oxygen atoms in total. The standard InChI is InChI=1S/C9H16N2O/c1-5-8(3)12-9-7(2)6-11(4)10-9/h6,8H,5H2,1-4H3. The molecule has 0 fully saturated rings. The van der Waals surface area contributed by atoms with Crippen LogP contribution < -0.4 is 4.74 Å². The van der Waals surface area contributed by atoms with Crippen LogP contribution in [0.15, 0.2) is 6.20 Å². The molecule has 0 aliphatic heterocycles. The Morgan fingerprint density at radius 3 is 2.75 bits per heavy atom. The molecule has 1 aromatic heterocycles. The molecule has 68 valence electrons. The maximum atomic E-state index is 5.58. The monoisotopic (exact) mass is 168 g/mol. The van der Waals surface area contributed by atoms with Crippen LogP contribution in [0.3, 0.4) is 0 Å². The number of rotatable bonds is 3. The van der Waals surface area contributed by atoms with E-state index in [9.17, 15) is 0 Å². The molecule has 1 aromatic rings. The normalized spacial score (nSPS) is 13.0. The lowest BCUT2D eigenvalue weighted by molar-refractivity contribution is 0.205. The van der Waals surface area contributed by atoms with Crippen molar-refractivity contribution < 1.29 is 4.74 Å². The largest absolute Gasteiger partial charge is 0.473 e. The average Bonchev–Trinajstić information content (AvgIpc) is 2.30. The minimum atomic E-state index is 0.249. The van der Waals surface area contributed by atoms with Gasteiger partial charge in [0.25, 0.3) is 0 Å². The number of hydrogen-bond acceptors (Lipinski definition) is 2. The molecule has 1 heterocycles. The third kappa shape index (κ3) is 2.00. The van der Waals surface area contributed by atoms with Crippen molar-refractivity contribution in [2.75, 3.05) is 0 Å².